The lowest BCUT2D eigenvalue weighted by molar-refractivity contribution is 0.0940. The van der Waals surface area contributed by atoms with Crippen LogP contribution in [-0.2, 0) is 6.42 Å². The van der Waals surface area contributed by atoms with Crippen LogP contribution in [-0.4, -0.2) is 17.3 Å². The zero-order valence-corrected chi connectivity index (χ0v) is 14.9. The number of hydrogen-bond acceptors (Lipinski definition) is 1. The fourth-order valence-corrected chi connectivity index (χ4v) is 3.09. The number of alkyl halides is 1. The van der Waals surface area contributed by atoms with E-state index in [1.54, 1.807) is 0 Å². The summed E-state index contributed by atoms with van der Waals surface area (Å²) >= 11 is 5.40. The van der Waals surface area contributed by atoms with E-state index >= 15 is 0 Å². The van der Waals surface area contributed by atoms with Gasteiger partial charge < -0.3 is 5.32 Å². The van der Waals surface area contributed by atoms with Crippen LogP contribution in [0, 0.1) is 9.39 Å². The second-order valence-electron chi connectivity index (χ2n) is 4.64. The second kappa shape index (κ2) is 7.89. The predicted molar refractivity (Wildman–Crippen MR) is 94.3 cm³/mol. The van der Waals surface area contributed by atoms with Crippen molar-refractivity contribution in [2.45, 2.75) is 12.5 Å². The highest BCUT2D eigenvalue weighted by Crippen LogP contribution is 2.14. The zero-order chi connectivity index (χ0) is 15.2. The molecule has 0 aliphatic carbocycles. The van der Waals surface area contributed by atoms with Gasteiger partial charge in [-0.25, -0.2) is 4.39 Å². The molecule has 0 aromatic heterocycles. The van der Waals surface area contributed by atoms with Crippen LogP contribution in [0.15, 0.2) is 48.5 Å². The maximum absolute atomic E-state index is 13.1. The third-order valence-corrected chi connectivity index (χ3v) is 4.70. The van der Waals surface area contributed by atoms with Crippen LogP contribution in [0.5, 0.6) is 0 Å². The quantitative estimate of drug-likeness (QED) is 0.525. The van der Waals surface area contributed by atoms with Crippen LogP contribution < -0.4 is 5.32 Å². The monoisotopic (exact) mass is 461 g/mol. The number of carbonyl (C=O) groups is 1. The third-order valence-electron chi connectivity index (χ3n) is 3.02. The first-order valence-electron chi connectivity index (χ1n) is 6.46. The fraction of sp³-hybridized carbons (Fsp3) is 0.188. The van der Waals surface area contributed by atoms with Crippen molar-refractivity contribution in [1.82, 2.24) is 5.32 Å². The minimum absolute atomic E-state index is 0.0132. The van der Waals surface area contributed by atoms with E-state index < -0.39 is 0 Å². The van der Waals surface area contributed by atoms with Crippen LogP contribution in [0.2, 0.25) is 0 Å². The minimum atomic E-state index is -0.336. The second-order valence-corrected chi connectivity index (χ2v) is 6.45. The van der Waals surface area contributed by atoms with Gasteiger partial charge in [-0.05, 0) is 52.8 Å². The molecule has 2 rings (SSSR count). The summed E-state index contributed by atoms with van der Waals surface area (Å²) in [5.41, 5.74) is 1.66. The first-order chi connectivity index (χ1) is 10.1. The molecule has 5 heteroatoms. The van der Waals surface area contributed by atoms with Gasteiger partial charge in [0.2, 0.25) is 0 Å². The summed E-state index contributed by atoms with van der Waals surface area (Å²) in [4.78, 5) is 12.3. The topological polar surface area (TPSA) is 29.1 Å². The largest absolute Gasteiger partial charge is 0.348 e. The highest BCUT2D eigenvalue weighted by molar-refractivity contribution is 14.1. The summed E-state index contributed by atoms with van der Waals surface area (Å²) in [6.45, 7) is 0. The molecule has 1 atom stereocenters. The molecule has 0 spiro atoms. The Labute approximate surface area is 145 Å². The molecular formula is C16H14BrFINO. The standard InChI is InChI=1S/C16H14BrFINO/c17-10-13(8-11-4-2-1-3-5-11)20-16(21)14-7-6-12(18)9-15(14)19/h1-7,9,13H,8,10H2,(H,20,21). The van der Waals surface area contributed by atoms with Crippen molar-refractivity contribution >= 4 is 44.4 Å². The Morgan fingerprint density at radius 2 is 1.95 bits per heavy atom. The van der Waals surface area contributed by atoms with Gasteiger partial charge in [-0.1, -0.05) is 46.3 Å². The number of hydrogen-bond donors (Lipinski definition) is 1. The highest BCUT2D eigenvalue weighted by atomic mass is 127. The van der Waals surface area contributed by atoms with Crippen molar-refractivity contribution in [2.24, 2.45) is 0 Å². The molecule has 0 fully saturated rings. The van der Waals surface area contributed by atoms with Crippen LogP contribution >= 0.6 is 38.5 Å². The number of halogens is 3. The number of amides is 1. The van der Waals surface area contributed by atoms with Gasteiger partial charge in [0.15, 0.2) is 0 Å². The lowest BCUT2D eigenvalue weighted by Crippen LogP contribution is -2.38. The molecule has 0 saturated carbocycles. The van der Waals surface area contributed by atoms with Crippen LogP contribution in [0.25, 0.3) is 0 Å². The maximum atomic E-state index is 13.1. The first kappa shape index (κ1) is 16.4. The van der Waals surface area contributed by atoms with E-state index in [2.05, 4.69) is 21.2 Å². The molecule has 0 aliphatic rings. The zero-order valence-electron chi connectivity index (χ0n) is 11.2. The number of nitrogens with one attached hydrogen (secondary N) is 1. The van der Waals surface area contributed by atoms with Crippen LogP contribution in [0.3, 0.4) is 0 Å². The van der Waals surface area contributed by atoms with E-state index in [0.717, 1.165) is 12.0 Å². The van der Waals surface area contributed by atoms with E-state index in [0.29, 0.717) is 14.5 Å². The molecule has 0 saturated heterocycles. The Bertz CT molecular complexity index is 621. The molecule has 2 nitrogen and oxygen atoms in total. The van der Waals surface area contributed by atoms with Gasteiger partial charge >= 0.3 is 0 Å². The van der Waals surface area contributed by atoms with Gasteiger partial charge in [-0.15, -0.1) is 0 Å². The summed E-state index contributed by atoms with van der Waals surface area (Å²) in [6, 6.07) is 14.1. The van der Waals surface area contributed by atoms with Crippen molar-refractivity contribution in [3.63, 3.8) is 0 Å². The number of benzene rings is 2. The summed E-state index contributed by atoms with van der Waals surface area (Å²) in [5.74, 6) is -0.517. The molecule has 2 aromatic carbocycles. The van der Waals surface area contributed by atoms with Gasteiger partial charge in [0, 0.05) is 14.9 Å². The lowest BCUT2D eigenvalue weighted by atomic mass is 10.1. The summed E-state index contributed by atoms with van der Waals surface area (Å²) in [7, 11) is 0. The van der Waals surface area contributed by atoms with Crippen molar-refractivity contribution in [3.8, 4) is 0 Å². The third kappa shape index (κ3) is 4.78. The van der Waals surface area contributed by atoms with Crippen molar-refractivity contribution in [1.29, 1.82) is 0 Å². The molecule has 0 aliphatic heterocycles. The average molecular weight is 462 g/mol. The molecule has 0 heterocycles. The van der Waals surface area contributed by atoms with Crippen molar-refractivity contribution in [3.05, 3.63) is 69.0 Å². The Morgan fingerprint density at radius 1 is 1.24 bits per heavy atom. The van der Waals surface area contributed by atoms with E-state index in [9.17, 15) is 9.18 Å². The summed E-state index contributed by atoms with van der Waals surface area (Å²) in [5, 5.41) is 3.64. The average Bonchev–Trinajstić information content (AvgIpc) is 2.47. The van der Waals surface area contributed by atoms with Crippen molar-refractivity contribution in [2.75, 3.05) is 5.33 Å². The molecule has 2 aromatic rings. The minimum Gasteiger partial charge on any atom is -0.348 e. The van der Waals surface area contributed by atoms with Crippen LogP contribution in [0.4, 0.5) is 4.39 Å². The molecule has 1 N–H and O–H groups in total. The molecular weight excluding hydrogens is 448 g/mol. The van der Waals surface area contributed by atoms with Gasteiger partial charge in [0.25, 0.3) is 5.91 Å². The summed E-state index contributed by atoms with van der Waals surface area (Å²) < 4.78 is 13.7. The molecule has 1 amide bonds. The molecule has 110 valence electrons. The van der Waals surface area contributed by atoms with Gasteiger partial charge in [-0.2, -0.15) is 0 Å². The SMILES string of the molecule is O=C(NC(CBr)Cc1ccccc1)c1ccc(F)cc1I. The van der Waals surface area contributed by atoms with E-state index in [-0.39, 0.29) is 17.8 Å². The number of rotatable bonds is 5. The first-order valence-corrected chi connectivity index (χ1v) is 8.66. The molecule has 0 radical (unpaired) electrons. The molecule has 1 unspecified atom stereocenters. The Hall–Kier alpha value is -0.950. The van der Waals surface area contributed by atoms with Crippen LogP contribution in [0.1, 0.15) is 15.9 Å². The lowest BCUT2D eigenvalue weighted by Gasteiger charge is -2.17. The Balaban J connectivity index is 2.06. The van der Waals surface area contributed by atoms with E-state index in [4.69, 9.17) is 0 Å². The van der Waals surface area contributed by atoms with E-state index in [1.165, 1.54) is 18.2 Å². The van der Waals surface area contributed by atoms with Gasteiger partial charge in [0.1, 0.15) is 5.82 Å². The van der Waals surface area contributed by atoms with Gasteiger partial charge in [-0.3, -0.25) is 4.79 Å². The predicted octanol–water partition coefficient (Wildman–Crippen LogP) is 4.17. The molecule has 21 heavy (non-hydrogen) atoms. The summed E-state index contributed by atoms with van der Waals surface area (Å²) in [6.07, 6.45) is 0.746. The Kier molecular flexibility index (Phi) is 6.17. The van der Waals surface area contributed by atoms with Gasteiger partial charge in [0.05, 0.1) is 5.56 Å². The fourth-order valence-electron chi connectivity index (χ4n) is 1.98. The Morgan fingerprint density at radius 3 is 2.57 bits per heavy atom. The van der Waals surface area contributed by atoms with E-state index in [1.807, 2.05) is 52.9 Å². The smallest absolute Gasteiger partial charge is 0.252 e. The maximum Gasteiger partial charge on any atom is 0.252 e. The highest BCUT2D eigenvalue weighted by Gasteiger charge is 2.15. The molecule has 0 bridgehead atoms. The normalized spacial score (nSPS) is 12.0. The number of carbonyl (C=O) groups excluding carboxylic acids is 1. The van der Waals surface area contributed by atoms with Crippen molar-refractivity contribution < 1.29 is 9.18 Å².